The van der Waals surface area contributed by atoms with Crippen molar-refractivity contribution in [3.63, 3.8) is 0 Å². The first-order valence-electron chi connectivity index (χ1n) is 10.5. The molecule has 1 amide bonds. The minimum atomic E-state index is -0.328. The van der Waals surface area contributed by atoms with Crippen molar-refractivity contribution in [2.45, 2.75) is 40.0 Å². The second-order valence-corrected chi connectivity index (χ2v) is 8.50. The SMILES string of the molecule is CCCCNC(=O)Cc1csc2nc(C)c(-c3cc(C)n(-c4ccc(F)cc4)n3)c(=O)n12. The van der Waals surface area contributed by atoms with Crippen LogP contribution in [-0.2, 0) is 11.2 Å². The third-order valence-electron chi connectivity index (χ3n) is 5.23. The summed E-state index contributed by atoms with van der Waals surface area (Å²) >= 11 is 1.33. The van der Waals surface area contributed by atoms with Crippen molar-refractivity contribution >= 4 is 22.2 Å². The summed E-state index contributed by atoms with van der Waals surface area (Å²) in [6.45, 7) is 6.33. The van der Waals surface area contributed by atoms with E-state index in [1.54, 1.807) is 29.1 Å². The van der Waals surface area contributed by atoms with E-state index in [-0.39, 0.29) is 23.7 Å². The first-order valence-corrected chi connectivity index (χ1v) is 11.4. The second kappa shape index (κ2) is 9.04. The molecule has 0 fully saturated rings. The summed E-state index contributed by atoms with van der Waals surface area (Å²) in [6, 6.07) is 7.81. The summed E-state index contributed by atoms with van der Waals surface area (Å²) in [7, 11) is 0. The Kier molecular flexibility index (Phi) is 6.18. The number of benzene rings is 1. The molecule has 32 heavy (non-hydrogen) atoms. The zero-order valence-corrected chi connectivity index (χ0v) is 19.0. The molecule has 4 rings (SSSR count). The van der Waals surface area contributed by atoms with Crippen LogP contribution in [0.5, 0.6) is 0 Å². The number of nitrogens with one attached hydrogen (secondary N) is 1. The quantitative estimate of drug-likeness (QED) is 0.431. The molecule has 166 valence electrons. The van der Waals surface area contributed by atoms with Crippen LogP contribution in [0.15, 0.2) is 40.5 Å². The molecule has 7 nitrogen and oxygen atoms in total. The number of aryl methyl sites for hydroxylation is 2. The first-order chi connectivity index (χ1) is 15.4. The Balaban J connectivity index is 1.74. The molecular weight excluding hydrogens is 429 g/mol. The molecule has 0 aliphatic carbocycles. The minimum absolute atomic E-state index is 0.108. The van der Waals surface area contributed by atoms with E-state index < -0.39 is 0 Å². The van der Waals surface area contributed by atoms with Crippen LogP contribution in [0.3, 0.4) is 0 Å². The largest absolute Gasteiger partial charge is 0.356 e. The third-order valence-corrected chi connectivity index (χ3v) is 6.10. The van der Waals surface area contributed by atoms with Crippen LogP contribution in [0.4, 0.5) is 4.39 Å². The number of halogens is 1. The van der Waals surface area contributed by atoms with Crippen molar-refractivity contribution in [3.8, 4) is 16.9 Å². The maximum Gasteiger partial charge on any atom is 0.268 e. The highest BCUT2D eigenvalue weighted by atomic mass is 32.1. The zero-order chi connectivity index (χ0) is 22.8. The van der Waals surface area contributed by atoms with Gasteiger partial charge >= 0.3 is 0 Å². The van der Waals surface area contributed by atoms with E-state index in [0.29, 0.717) is 39.8 Å². The van der Waals surface area contributed by atoms with Crippen LogP contribution in [0.1, 0.15) is 36.8 Å². The Morgan fingerprint density at radius 2 is 1.97 bits per heavy atom. The molecule has 3 heterocycles. The maximum atomic E-state index is 13.5. The monoisotopic (exact) mass is 453 g/mol. The van der Waals surface area contributed by atoms with E-state index in [4.69, 9.17) is 0 Å². The number of carbonyl (C=O) groups excluding carboxylic acids is 1. The molecule has 0 unspecified atom stereocenters. The fourth-order valence-electron chi connectivity index (χ4n) is 3.60. The Labute approximate surface area is 188 Å². The van der Waals surface area contributed by atoms with Gasteiger partial charge in [0.25, 0.3) is 5.56 Å². The van der Waals surface area contributed by atoms with Crippen molar-refractivity contribution in [1.29, 1.82) is 0 Å². The first kappa shape index (κ1) is 21.9. The van der Waals surface area contributed by atoms with Gasteiger partial charge in [-0.2, -0.15) is 5.10 Å². The number of hydrogen-bond donors (Lipinski definition) is 1. The van der Waals surface area contributed by atoms with Crippen LogP contribution >= 0.6 is 11.3 Å². The summed E-state index contributed by atoms with van der Waals surface area (Å²) in [4.78, 5) is 30.9. The Hall–Kier alpha value is -3.33. The van der Waals surface area contributed by atoms with E-state index in [1.165, 1.54) is 27.9 Å². The molecule has 0 saturated heterocycles. The summed E-state index contributed by atoms with van der Waals surface area (Å²) in [6.07, 6.45) is 2.02. The standard InChI is InChI=1S/C23H24FN5O2S/c1-4-5-10-25-20(30)12-18-13-32-23-26-15(3)21(22(31)28(18)23)19-11-14(2)29(27-19)17-8-6-16(24)7-9-17/h6-9,11,13H,4-5,10,12H2,1-3H3,(H,25,30). The predicted molar refractivity (Wildman–Crippen MR) is 123 cm³/mol. The molecule has 0 saturated carbocycles. The molecule has 1 N–H and O–H groups in total. The molecule has 0 atom stereocenters. The molecule has 0 bridgehead atoms. The molecule has 0 radical (unpaired) electrons. The number of rotatable bonds is 7. The summed E-state index contributed by atoms with van der Waals surface area (Å²) < 4.78 is 16.5. The van der Waals surface area contributed by atoms with Crippen molar-refractivity contribution in [1.82, 2.24) is 24.5 Å². The Morgan fingerprint density at radius 1 is 1.22 bits per heavy atom. The van der Waals surface area contributed by atoms with Crippen molar-refractivity contribution in [2.75, 3.05) is 6.54 Å². The number of hydrogen-bond acceptors (Lipinski definition) is 5. The van der Waals surface area contributed by atoms with E-state index in [1.807, 2.05) is 13.0 Å². The fourth-order valence-corrected chi connectivity index (χ4v) is 4.52. The van der Waals surface area contributed by atoms with Gasteiger partial charge in [-0.05, 0) is 50.6 Å². The maximum absolute atomic E-state index is 13.5. The van der Waals surface area contributed by atoms with Crippen LogP contribution < -0.4 is 10.9 Å². The van der Waals surface area contributed by atoms with Crippen LogP contribution in [0.25, 0.3) is 21.9 Å². The third kappa shape index (κ3) is 4.20. The molecule has 0 aliphatic heterocycles. The highest BCUT2D eigenvalue weighted by molar-refractivity contribution is 7.15. The van der Waals surface area contributed by atoms with Crippen molar-refractivity contribution in [2.24, 2.45) is 0 Å². The van der Waals surface area contributed by atoms with Crippen LogP contribution in [0.2, 0.25) is 0 Å². The number of unbranched alkanes of at least 4 members (excludes halogenated alkanes) is 1. The number of nitrogens with zero attached hydrogens (tertiary/aromatic N) is 4. The lowest BCUT2D eigenvalue weighted by Crippen LogP contribution is -2.28. The van der Waals surface area contributed by atoms with Gasteiger partial charge in [0.2, 0.25) is 5.91 Å². The van der Waals surface area contributed by atoms with E-state index >= 15 is 0 Å². The van der Waals surface area contributed by atoms with Gasteiger partial charge in [-0.1, -0.05) is 13.3 Å². The molecule has 9 heteroatoms. The second-order valence-electron chi connectivity index (χ2n) is 7.66. The molecule has 1 aromatic carbocycles. The number of fused-ring (bicyclic) bond motifs is 1. The van der Waals surface area contributed by atoms with Gasteiger partial charge in [-0.15, -0.1) is 11.3 Å². The van der Waals surface area contributed by atoms with Gasteiger partial charge in [0.05, 0.1) is 23.4 Å². The number of thiazole rings is 1. The average Bonchev–Trinajstić information content (AvgIpc) is 3.32. The zero-order valence-electron chi connectivity index (χ0n) is 18.2. The number of aromatic nitrogens is 4. The smallest absolute Gasteiger partial charge is 0.268 e. The Morgan fingerprint density at radius 3 is 2.69 bits per heavy atom. The predicted octanol–water partition coefficient (Wildman–Crippen LogP) is 3.82. The summed E-state index contributed by atoms with van der Waals surface area (Å²) in [5.74, 6) is -0.449. The van der Waals surface area contributed by atoms with Crippen molar-refractivity contribution in [3.05, 3.63) is 69.0 Å². The molecule has 4 aromatic rings. The topological polar surface area (TPSA) is 81.3 Å². The normalized spacial score (nSPS) is 11.2. The lowest BCUT2D eigenvalue weighted by Gasteiger charge is -2.07. The van der Waals surface area contributed by atoms with Gasteiger partial charge in [-0.25, -0.2) is 14.1 Å². The number of carbonyl (C=O) groups is 1. The molecular formula is C23H24FN5O2S. The Bertz CT molecular complexity index is 1340. The van der Waals surface area contributed by atoms with E-state index in [9.17, 15) is 14.0 Å². The molecule has 0 spiro atoms. The van der Waals surface area contributed by atoms with Gasteiger partial charge < -0.3 is 5.32 Å². The average molecular weight is 454 g/mol. The van der Waals surface area contributed by atoms with Gasteiger partial charge in [0.15, 0.2) is 4.96 Å². The highest BCUT2D eigenvalue weighted by Gasteiger charge is 2.20. The molecule has 0 aliphatic rings. The van der Waals surface area contributed by atoms with Crippen LogP contribution in [-0.4, -0.2) is 31.6 Å². The van der Waals surface area contributed by atoms with E-state index in [0.717, 1.165) is 18.5 Å². The summed E-state index contributed by atoms with van der Waals surface area (Å²) in [5, 5.41) is 9.28. The minimum Gasteiger partial charge on any atom is -0.356 e. The lowest BCUT2D eigenvalue weighted by molar-refractivity contribution is -0.120. The lowest BCUT2D eigenvalue weighted by atomic mass is 10.1. The van der Waals surface area contributed by atoms with Crippen molar-refractivity contribution < 1.29 is 9.18 Å². The van der Waals surface area contributed by atoms with E-state index in [2.05, 4.69) is 22.3 Å². The number of amides is 1. The van der Waals surface area contributed by atoms with Gasteiger partial charge in [-0.3, -0.25) is 14.0 Å². The highest BCUT2D eigenvalue weighted by Crippen LogP contribution is 2.23. The fraction of sp³-hybridized carbons (Fsp3) is 0.304. The molecule has 3 aromatic heterocycles. The summed E-state index contributed by atoms with van der Waals surface area (Å²) in [5.41, 5.74) is 3.29. The van der Waals surface area contributed by atoms with Crippen LogP contribution in [0, 0.1) is 19.7 Å². The van der Waals surface area contributed by atoms with Gasteiger partial charge in [0.1, 0.15) is 11.5 Å². The van der Waals surface area contributed by atoms with Gasteiger partial charge in [0, 0.05) is 23.3 Å².